The number of aryl methyl sites for hydroxylation is 1. The van der Waals surface area contributed by atoms with E-state index in [1.54, 1.807) is 4.72 Å². The number of sulfonamides is 1. The van der Waals surface area contributed by atoms with Crippen LogP contribution in [0.15, 0.2) is 15.1 Å². The third-order valence-corrected chi connectivity index (χ3v) is 5.68. The van der Waals surface area contributed by atoms with E-state index < -0.39 is 32.6 Å². The van der Waals surface area contributed by atoms with Gasteiger partial charge >= 0.3 is 53.3 Å². The van der Waals surface area contributed by atoms with Crippen molar-refractivity contribution in [2.45, 2.75) is 11.8 Å². The van der Waals surface area contributed by atoms with Crippen molar-refractivity contribution in [3.05, 3.63) is 26.3 Å². The number of hydrogen-bond donors (Lipinski definition) is 1. The molecule has 26 heavy (non-hydrogen) atoms. The molecule has 0 bridgehead atoms. The Balaban J connectivity index is 0.00000338. The average Bonchev–Trinajstić information content (AvgIpc) is 3.08. The summed E-state index contributed by atoms with van der Waals surface area (Å²) >= 11 is 0.998. The maximum Gasteiger partial charge on any atom is 1.00 e. The maximum absolute atomic E-state index is 12.5. The second-order valence-corrected chi connectivity index (χ2v) is 7.38. The Morgan fingerprint density at radius 2 is 1.96 bits per heavy atom. The minimum Gasteiger partial charge on any atom is -1.00 e. The molecule has 0 unspecified atom stereocenters. The number of methoxy groups -OCH3 is 2. The summed E-state index contributed by atoms with van der Waals surface area (Å²) in [4.78, 5) is 35.6. The van der Waals surface area contributed by atoms with Crippen molar-refractivity contribution in [1.29, 1.82) is 0 Å². The van der Waals surface area contributed by atoms with Gasteiger partial charge in [0.05, 0.1) is 19.8 Å². The SMILES string of the molecule is COC(=O)c1csc(C)c1S(=O)(=O)NC(=O)n1nc(OC)n(C)c1=O.[H-].[Na+]. The Morgan fingerprint density at radius 3 is 2.46 bits per heavy atom. The first-order valence-electron chi connectivity index (χ1n) is 6.57. The number of nitrogens with one attached hydrogen (secondary N) is 1. The molecule has 0 aromatic carbocycles. The molecule has 2 aromatic heterocycles. The van der Waals surface area contributed by atoms with Crippen LogP contribution in [0.1, 0.15) is 16.7 Å². The van der Waals surface area contributed by atoms with E-state index in [4.69, 9.17) is 4.74 Å². The molecule has 14 heteroatoms. The number of thiophene rings is 1. The smallest absolute Gasteiger partial charge is 1.00 e. The van der Waals surface area contributed by atoms with E-state index in [1.165, 1.54) is 26.5 Å². The summed E-state index contributed by atoms with van der Waals surface area (Å²) in [7, 11) is -0.816. The molecule has 1 amide bonds. The van der Waals surface area contributed by atoms with Gasteiger partial charge in [-0.3, -0.25) is 0 Å². The second-order valence-electron chi connectivity index (χ2n) is 4.68. The molecule has 2 heterocycles. The van der Waals surface area contributed by atoms with Gasteiger partial charge in [-0.15, -0.1) is 21.1 Å². The number of amides is 1. The fraction of sp³-hybridized carbons (Fsp3) is 0.333. The number of carbonyl (C=O) groups is 2. The zero-order valence-electron chi connectivity index (χ0n) is 15.6. The standard InChI is InChI=1S/C12H14N4O7S2.Na.H/c1-6-8(7(5-24-6)9(17)22-3)25(20,21)14-10(18)16-12(19)15(2)11(13-16)23-4;;/h5H,1-4H3,(H,14,18);;/q;+1;-1. The summed E-state index contributed by atoms with van der Waals surface area (Å²) in [5.41, 5.74) is -1.11. The summed E-state index contributed by atoms with van der Waals surface area (Å²) in [6, 6.07) is -1.50. The van der Waals surface area contributed by atoms with Crippen LogP contribution in [0, 0.1) is 6.92 Å². The second kappa shape index (κ2) is 8.35. The van der Waals surface area contributed by atoms with E-state index in [9.17, 15) is 22.8 Å². The molecule has 2 rings (SSSR count). The van der Waals surface area contributed by atoms with Crippen molar-refractivity contribution >= 4 is 33.4 Å². The van der Waals surface area contributed by atoms with Crippen molar-refractivity contribution in [2.75, 3.05) is 14.2 Å². The number of aromatic nitrogens is 3. The molecule has 0 aliphatic heterocycles. The van der Waals surface area contributed by atoms with Crippen LogP contribution in [0.25, 0.3) is 0 Å². The molecule has 138 valence electrons. The number of ether oxygens (including phenoxy) is 2. The summed E-state index contributed by atoms with van der Waals surface area (Å²) in [6.07, 6.45) is 0. The van der Waals surface area contributed by atoms with Gasteiger partial charge in [-0.2, -0.15) is 0 Å². The molecular weight excluding hydrogens is 399 g/mol. The monoisotopic (exact) mass is 414 g/mol. The number of nitrogens with zero attached hydrogens (tertiary/aromatic N) is 3. The fourth-order valence-electron chi connectivity index (χ4n) is 1.97. The van der Waals surface area contributed by atoms with Crippen LogP contribution < -0.4 is 44.7 Å². The van der Waals surface area contributed by atoms with E-state index in [-0.39, 0.29) is 47.4 Å². The van der Waals surface area contributed by atoms with Crippen molar-refractivity contribution in [2.24, 2.45) is 7.05 Å². The molecule has 0 aliphatic rings. The van der Waals surface area contributed by atoms with Crippen LogP contribution in [0.2, 0.25) is 0 Å². The van der Waals surface area contributed by atoms with Crippen LogP contribution in [-0.4, -0.2) is 49.0 Å². The van der Waals surface area contributed by atoms with Gasteiger partial charge in [-0.05, 0) is 6.92 Å². The predicted octanol–water partition coefficient (Wildman–Crippen LogP) is -3.19. The van der Waals surface area contributed by atoms with Crippen molar-refractivity contribution in [3.63, 3.8) is 0 Å². The van der Waals surface area contributed by atoms with Gasteiger partial charge in [0, 0.05) is 17.3 Å². The van der Waals surface area contributed by atoms with Gasteiger partial charge in [0.2, 0.25) is 0 Å². The minimum absolute atomic E-state index is 0. The molecule has 0 radical (unpaired) electrons. The van der Waals surface area contributed by atoms with E-state index in [2.05, 4.69) is 9.84 Å². The van der Waals surface area contributed by atoms with Crippen molar-refractivity contribution in [1.82, 2.24) is 19.1 Å². The van der Waals surface area contributed by atoms with Crippen LogP contribution in [-0.2, 0) is 21.8 Å². The summed E-state index contributed by atoms with van der Waals surface area (Å²) in [5, 5.41) is 4.87. The number of hydrogen-bond acceptors (Lipinski definition) is 9. The first-order chi connectivity index (χ1) is 11.6. The van der Waals surface area contributed by atoms with Crippen LogP contribution in [0.4, 0.5) is 4.79 Å². The van der Waals surface area contributed by atoms with E-state index in [0.29, 0.717) is 4.68 Å². The Morgan fingerprint density at radius 1 is 1.35 bits per heavy atom. The molecule has 0 spiro atoms. The largest absolute Gasteiger partial charge is 1.00 e. The van der Waals surface area contributed by atoms with Crippen LogP contribution in [0.3, 0.4) is 0 Å². The molecule has 0 fully saturated rings. The third-order valence-electron chi connectivity index (χ3n) is 3.13. The third kappa shape index (κ3) is 4.01. The summed E-state index contributed by atoms with van der Waals surface area (Å²) in [5.74, 6) is -0.867. The van der Waals surface area contributed by atoms with Gasteiger partial charge in [0.1, 0.15) is 4.90 Å². The molecule has 1 N–H and O–H groups in total. The maximum atomic E-state index is 12.5. The molecule has 0 atom stereocenters. The zero-order chi connectivity index (χ0) is 18.9. The number of esters is 1. The van der Waals surface area contributed by atoms with Crippen molar-refractivity contribution in [3.8, 4) is 6.01 Å². The fourth-order valence-corrected chi connectivity index (χ4v) is 4.47. The van der Waals surface area contributed by atoms with Crippen LogP contribution in [0.5, 0.6) is 6.01 Å². The first-order valence-corrected chi connectivity index (χ1v) is 8.94. The topological polar surface area (TPSA) is 139 Å². The van der Waals surface area contributed by atoms with Gasteiger partial charge in [0.15, 0.2) is 0 Å². The molecular formula is C12H15N4NaO7S2. The summed E-state index contributed by atoms with van der Waals surface area (Å²) in [6.45, 7) is 1.46. The van der Waals surface area contributed by atoms with Gasteiger partial charge in [-0.1, -0.05) is 0 Å². The number of rotatable bonds is 4. The van der Waals surface area contributed by atoms with Gasteiger partial charge < -0.3 is 10.9 Å². The molecule has 0 saturated carbocycles. The molecule has 0 saturated heterocycles. The van der Waals surface area contributed by atoms with Gasteiger partial charge in [0.25, 0.3) is 10.0 Å². The average molecular weight is 414 g/mol. The number of carbonyl (C=O) groups excluding carboxylic acids is 2. The Hall–Kier alpha value is -1.67. The van der Waals surface area contributed by atoms with E-state index in [0.717, 1.165) is 23.0 Å². The van der Waals surface area contributed by atoms with Crippen molar-refractivity contribution < 1.29 is 58.5 Å². The quantitative estimate of drug-likeness (QED) is 0.408. The minimum atomic E-state index is -4.45. The normalized spacial score (nSPS) is 10.8. The molecule has 2 aromatic rings. The van der Waals surface area contributed by atoms with E-state index in [1.807, 2.05) is 0 Å². The predicted molar refractivity (Wildman–Crippen MR) is 86.6 cm³/mol. The first kappa shape index (κ1) is 22.4. The van der Waals surface area contributed by atoms with E-state index >= 15 is 0 Å². The molecule has 11 nitrogen and oxygen atoms in total. The van der Waals surface area contributed by atoms with Crippen LogP contribution >= 0.6 is 11.3 Å². The Bertz CT molecular complexity index is 1010. The zero-order valence-corrected chi connectivity index (χ0v) is 18.2. The summed E-state index contributed by atoms with van der Waals surface area (Å²) < 4.78 is 37.2. The Kier molecular flexibility index (Phi) is 7.18. The Labute approximate surface area is 175 Å². The van der Waals surface area contributed by atoms with Gasteiger partial charge in [-0.25, -0.2) is 32.1 Å². The molecule has 0 aliphatic carbocycles.